The minimum atomic E-state index is 0.227. The van der Waals surface area contributed by atoms with E-state index in [-0.39, 0.29) is 10.8 Å². The lowest BCUT2D eigenvalue weighted by Crippen LogP contribution is -2.25. The van der Waals surface area contributed by atoms with E-state index >= 15 is 0 Å². The summed E-state index contributed by atoms with van der Waals surface area (Å²) in [5, 5.41) is 0. The maximum absolute atomic E-state index is 3.56. The molecular weight excluding hydrogens is 226 g/mol. The van der Waals surface area contributed by atoms with Crippen molar-refractivity contribution in [2.24, 2.45) is 5.41 Å². The molecule has 0 saturated heterocycles. The van der Waals surface area contributed by atoms with E-state index in [1.807, 2.05) is 0 Å². The Morgan fingerprint density at radius 3 is 2.24 bits per heavy atom. The van der Waals surface area contributed by atoms with Crippen LogP contribution in [-0.4, -0.2) is 0 Å². The largest absolute Gasteiger partial charge is 0.252 e. The van der Waals surface area contributed by atoms with Crippen molar-refractivity contribution in [3.8, 4) is 0 Å². The third-order valence-corrected chi connectivity index (χ3v) is 4.28. The molecule has 1 aromatic rings. The number of nitrogens with one attached hydrogen (secondary N) is 1. The Hall–Kier alpha value is -0.470. The van der Waals surface area contributed by atoms with Crippen molar-refractivity contribution in [2.75, 3.05) is 0 Å². The van der Waals surface area contributed by atoms with Gasteiger partial charge in [-0.1, -0.05) is 53.7 Å². The minimum Gasteiger partial charge on any atom is -0.252 e. The highest BCUT2D eigenvalue weighted by atomic mass is 32.2. The van der Waals surface area contributed by atoms with Crippen LogP contribution in [-0.2, 0) is 5.41 Å². The highest BCUT2D eigenvalue weighted by Gasteiger charge is 2.33. The number of hydrogen-bond acceptors (Lipinski definition) is 2. The Labute approximate surface area is 110 Å². The van der Waals surface area contributed by atoms with Crippen LogP contribution in [0.15, 0.2) is 23.1 Å². The molecule has 0 fully saturated rings. The van der Waals surface area contributed by atoms with E-state index in [0.29, 0.717) is 6.04 Å². The van der Waals surface area contributed by atoms with Crippen LogP contribution in [0, 0.1) is 5.41 Å². The summed E-state index contributed by atoms with van der Waals surface area (Å²) in [5.74, 6) is 0. The van der Waals surface area contributed by atoms with E-state index in [2.05, 4.69) is 64.5 Å². The molecule has 0 amide bonds. The van der Waals surface area contributed by atoms with Crippen molar-refractivity contribution in [3.63, 3.8) is 0 Å². The monoisotopic (exact) mass is 249 g/mol. The molecule has 1 nitrogen and oxygen atoms in total. The van der Waals surface area contributed by atoms with Gasteiger partial charge in [0.15, 0.2) is 0 Å². The summed E-state index contributed by atoms with van der Waals surface area (Å²) in [6.45, 7) is 13.7. The fraction of sp³-hybridized carbons (Fsp3) is 0.600. The summed E-state index contributed by atoms with van der Waals surface area (Å²) < 4.78 is 3.56. The van der Waals surface area contributed by atoms with Gasteiger partial charge in [0.1, 0.15) is 0 Å². The van der Waals surface area contributed by atoms with Crippen molar-refractivity contribution >= 4 is 11.9 Å². The van der Waals surface area contributed by atoms with Crippen molar-refractivity contribution in [1.29, 1.82) is 0 Å². The van der Waals surface area contributed by atoms with Crippen molar-refractivity contribution in [3.05, 3.63) is 29.3 Å². The quantitative estimate of drug-likeness (QED) is 0.670. The van der Waals surface area contributed by atoms with E-state index in [1.54, 1.807) is 11.9 Å². The van der Waals surface area contributed by atoms with Crippen molar-refractivity contribution < 1.29 is 0 Å². The Morgan fingerprint density at radius 1 is 1.06 bits per heavy atom. The summed E-state index contributed by atoms with van der Waals surface area (Å²) in [4.78, 5) is 1.39. The van der Waals surface area contributed by atoms with Crippen LogP contribution in [0.5, 0.6) is 0 Å². The molecule has 2 rings (SSSR count). The summed E-state index contributed by atoms with van der Waals surface area (Å²) in [5.41, 5.74) is 3.38. The van der Waals surface area contributed by atoms with Crippen molar-refractivity contribution in [1.82, 2.24) is 4.72 Å². The molecule has 1 atom stereocenters. The van der Waals surface area contributed by atoms with Gasteiger partial charge in [0.05, 0.1) is 0 Å². The summed E-state index contributed by atoms with van der Waals surface area (Å²) in [7, 11) is 0. The van der Waals surface area contributed by atoms with Gasteiger partial charge in [-0.25, -0.2) is 0 Å². The lowest BCUT2D eigenvalue weighted by molar-refractivity contribution is 0.313. The van der Waals surface area contributed by atoms with Gasteiger partial charge < -0.3 is 0 Å². The normalized spacial score (nSPS) is 20.5. The van der Waals surface area contributed by atoms with E-state index in [9.17, 15) is 0 Å². The highest BCUT2D eigenvalue weighted by molar-refractivity contribution is 7.97. The summed E-state index contributed by atoms with van der Waals surface area (Å²) in [6, 6.07) is 7.36. The number of fused-ring (bicyclic) bond motifs is 1. The first-order valence-corrected chi connectivity index (χ1v) is 7.08. The Bertz CT molecular complexity index is 424. The molecule has 0 spiro atoms. The van der Waals surface area contributed by atoms with Crippen LogP contribution >= 0.6 is 11.9 Å². The van der Waals surface area contributed by atoms with Crippen LogP contribution in [0.25, 0.3) is 0 Å². The zero-order chi connectivity index (χ0) is 12.8. The predicted octanol–water partition coefficient (Wildman–Crippen LogP) is 4.68. The maximum atomic E-state index is 3.56. The third-order valence-electron chi connectivity index (χ3n) is 3.34. The molecule has 1 unspecified atom stereocenters. The Morgan fingerprint density at radius 2 is 1.71 bits per heavy atom. The molecule has 1 aliphatic heterocycles. The van der Waals surface area contributed by atoms with Gasteiger partial charge in [0.25, 0.3) is 0 Å². The Kier molecular flexibility index (Phi) is 3.07. The SMILES string of the molecule is CC(C)(C)c1ccc2c(c1)C(C(C)(C)C)NS2. The highest BCUT2D eigenvalue weighted by Crippen LogP contribution is 2.45. The summed E-state index contributed by atoms with van der Waals surface area (Å²) >= 11 is 1.77. The second kappa shape index (κ2) is 4.03. The molecule has 0 saturated carbocycles. The average molecular weight is 249 g/mol. The lowest BCUT2D eigenvalue weighted by Gasteiger charge is -2.28. The number of rotatable bonds is 0. The molecule has 2 heteroatoms. The number of benzene rings is 1. The first kappa shape index (κ1) is 13.0. The molecule has 1 aliphatic rings. The van der Waals surface area contributed by atoms with Gasteiger partial charge in [0.2, 0.25) is 0 Å². The van der Waals surface area contributed by atoms with E-state index < -0.39 is 0 Å². The molecule has 17 heavy (non-hydrogen) atoms. The average Bonchev–Trinajstić information content (AvgIpc) is 2.57. The molecule has 0 bridgehead atoms. The van der Waals surface area contributed by atoms with E-state index in [1.165, 1.54) is 16.0 Å². The second-order valence-corrected chi connectivity index (χ2v) is 7.90. The van der Waals surface area contributed by atoms with Crippen LogP contribution in [0.1, 0.15) is 58.7 Å². The predicted molar refractivity (Wildman–Crippen MR) is 76.3 cm³/mol. The van der Waals surface area contributed by atoms with Gasteiger partial charge in [-0.05, 0) is 40.0 Å². The van der Waals surface area contributed by atoms with Crippen molar-refractivity contribution in [2.45, 2.75) is 57.9 Å². The molecular formula is C15H23NS. The van der Waals surface area contributed by atoms with Gasteiger partial charge in [-0.3, -0.25) is 4.72 Å². The summed E-state index contributed by atoms with van der Waals surface area (Å²) in [6.07, 6.45) is 0. The topological polar surface area (TPSA) is 12.0 Å². The maximum Gasteiger partial charge on any atom is 0.0484 e. The lowest BCUT2D eigenvalue weighted by atomic mass is 9.80. The van der Waals surface area contributed by atoms with Gasteiger partial charge in [-0.2, -0.15) is 0 Å². The van der Waals surface area contributed by atoms with E-state index in [0.717, 1.165) is 0 Å². The van der Waals surface area contributed by atoms with E-state index in [4.69, 9.17) is 0 Å². The molecule has 1 N–H and O–H groups in total. The first-order chi connectivity index (χ1) is 7.69. The van der Waals surface area contributed by atoms with Crippen LogP contribution < -0.4 is 4.72 Å². The fourth-order valence-corrected chi connectivity index (χ4v) is 3.32. The van der Waals surface area contributed by atoms with Gasteiger partial charge >= 0.3 is 0 Å². The molecule has 0 aromatic heterocycles. The zero-order valence-electron chi connectivity index (χ0n) is 11.7. The first-order valence-electron chi connectivity index (χ1n) is 6.26. The fourth-order valence-electron chi connectivity index (χ4n) is 2.16. The minimum absolute atomic E-state index is 0.227. The molecule has 94 valence electrons. The second-order valence-electron chi connectivity index (χ2n) is 7.02. The Balaban J connectivity index is 2.45. The molecule has 1 heterocycles. The zero-order valence-corrected chi connectivity index (χ0v) is 12.5. The van der Waals surface area contributed by atoms with Gasteiger partial charge in [0, 0.05) is 10.9 Å². The van der Waals surface area contributed by atoms with Gasteiger partial charge in [-0.15, -0.1) is 0 Å². The molecule has 0 aliphatic carbocycles. The third kappa shape index (κ3) is 2.53. The standard InChI is InChI=1S/C15H23NS/c1-14(2,3)10-7-8-12-11(9-10)13(16-17-12)15(4,5)6/h7-9,13,16H,1-6H3. The van der Waals surface area contributed by atoms with Crippen LogP contribution in [0.3, 0.4) is 0 Å². The molecule has 1 aromatic carbocycles. The number of hydrogen-bond donors (Lipinski definition) is 1. The smallest absolute Gasteiger partial charge is 0.0484 e. The van der Waals surface area contributed by atoms with Crippen LogP contribution in [0.4, 0.5) is 0 Å². The van der Waals surface area contributed by atoms with Crippen LogP contribution in [0.2, 0.25) is 0 Å². The molecule has 0 radical (unpaired) electrons.